The molecule has 2 fully saturated rings. The van der Waals surface area contributed by atoms with Gasteiger partial charge in [-0.15, -0.1) is 0 Å². The van der Waals surface area contributed by atoms with Crippen molar-refractivity contribution in [2.45, 2.75) is 25.0 Å². The van der Waals surface area contributed by atoms with Crippen molar-refractivity contribution in [3.63, 3.8) is 0 Å². The summed E-state index contributed by atoms with van der Waals surface area (Å²) in [5.74, 6) is 2.07. The van der Waals surface area contributed by atoms with E-state index in [9.17, 15) is 13.0 Å². The highest BCUT2D eigenvalue weighted by Crippen LogP contribution is 2.29. The molecule has 168 valence electrons. The molecule has 11 heteroatoms. The minimum atomic E-state index is -3.99. The molecule has 3 heterocycles. The molecule has 0 radical (unpaired) electrons. The van der Waals surface area contributed by atoms with Crippen LogP contribution in [0.4, 0.5) is 17.6 Å². The van der Waals surface area contributed by atoms with Crippen molar-refractivity contribution in [1.82, 2.24) is 15.0 Å². The Morgan fingerprint density at radius 1 is 0.968 bits per heavy atom. The first kappa shape index (κ1) is 21.6. The first-order chi connectivity index (χ1) is 15.0. The molecule has 2 aromatic rings. The van der Waals surface area contributed by atoms with Crippen LogP contribution in [-0.2, 0) is 10.1 Å². The topological polar surface area (TPSA) is 112 Å². The molecule has 1 aromatic heterocycles. The Kier molecular flexibility index (Phi) is 6.42. The molecule has 0 bridgehead atoms. The maximum absolute atomic E-state index is 11.4. The van der Waals surface area contributed by atoms with Gasteiger partial charge in [-0.2, -0.15) is 13.4 Å². The number of anilines is 3. The SMILES string of the molecule is CCOc1ccccc1N1CCN(c2ncnc(N3CCC(S(=O)(=O)O)CC3)n2)CC1. The van der Waals surface area contributed by atoms with Crippen LogP contribution < -0.4 is 19.4 Å². The largest absolute Gasteiger partial charge is 0.492 e. The van der Waals surface area contributed by atoms with Crippen LogP contribution in [-0.4, -0.2) is 79.0 Å². The molecule has 4 rings (SSSR count). The van der Waals surface area contributed by atoms with Crippen LogP contribution in [0.3, 0.4) is 0 Å². The summed E-state index contributed by atoms with van der Waals surface area (Å²) in [5, 5.41) is -0.710. The van der Waals surface area contributed by atoms with Gasteiger partial charge in [-0.05, 0) is 31.9 Å². The summed E-state index contributed by atoms with van der Waals surface area (Å²) in [5.41, 5.74) is 1.10. The van der Waals surface area contributed by atoms with E-state index in [0.717, 1.165) is 37.6 Å². The zero-order chi connectivity index (χ0) is 21.8. The second-order valence-corrected chi connectivity index (χ2v) is 9.36. The first-order valence-electron chi connectivity index (χ1n) is 10.6. The highest BCUT2D eigenvalue weighted by Gasteiger charge is 2.30. The standard InChI is InChI=1S/C20H28N6O4S/c1-2-30-18-6-4-3-5-17(18)24-11-13-26(14-12-24)20-22-15-21-19(23-20)25-9-7-16(8-10-25)31(27,28)29/h3-6,15-16H,2,7-14H2,1H3,(H,27,28,29). The Bertz CT molecular complexity index is 989. The zero-order valence-electron chi connectivity index (χ0n) is 17.6. The summed E-state index contributed by atoms with van der Waals surface area (Å²) in [7, 11) is -3.99. The molecular formula is C20H28N6O4S. The van der Waals surface area contributed by atoms with E-state index in [4.69, 9.17) is 4.74 Å². The highest BCUT2D eigenvalue weighted by molar-refractivity contribution is 7.86. The quantitative estimate of drug-likeness (QED) is 0.652. The highest BCUT2D eigenvalue weighted by atomic mass is 32.2. The van der Waals surface area contributed by atoms with Crippen molar-refractivity contribution >= 4 is 27.7 Å². The number of piperidine rings is 1. The number of rotatable bonds is 6. The van der Waals surface area contributed by atoms with Crippen LogP contribution in [0.25, 0.3) is 0 Å². The Labute approximate surface area is 182 Å². The number of hydrogen-bond acceptors (Lipinski definition) is 9. The van der Waals surface area contributed by atoms with E-state index in [1.54, 1.807) is 0 Å². The summed E-state index contributed by atoms with van der Waals surface area (Å²) < 4.78 is 37.7. The summed E-state index contributed by atoms with van der Waals surface area (Å²) in [6.45, 7) is 6.77. The molecule has 31 heavy (non-hydrogen) atoms. The van der Waals surface area contributed by atoms with Crippen LogP contribution in [0.2, 0.25) is 0 Å². The maximum atomic E-state index is 11.4. The minimum Gasteiger partial charge on any atom is -0.492 e. The average Bonchev–Trinajstić information content (AvgIpc) is 2.79. The Hall–Kier alpha value is -2.66. The van der Waals surface area contributed by atoms with Gasteiger partial charge in [0.25, 0.3) is 10.1 Å². The van der Waals surface area contributed by atoms with Crippen molar-refractivity contribution in [2.24, 2.45) is 0 Å². The van der Waals surface area contributed by atoms with Crippen molar-refractivity contribution in [1.29, 1.82) is 0 Å². The van der Waals surface area contributed by atoms with Crippen LogP contribution >= 0.6 is 0 Å². The fourth-order valence-electron chi connectivity index (χ4n) is 4.08. The van der Waals surface area contributed by atoms with Crippen LogP contribution in [0, 0.1) is 0 Å². The van der Waals surface area contributed by atoms with Gasteiger partial charge >= 0.3 is 0 Å². The Morgan fingerprint density at radius 2 is 1.55 bits per heavy atom. The van der Waals surface area contributed by atoms with E-state index in [1.807, 2.05) is 30.0 Å². The van der Waals surface area contributed by atoms with Gasteiger partial charge < -0.3 is 19.4 Å². The summed E-state index contributed by atoms with van der Waals surface area (Å²) in [4.78, 5) is 19.6. The van der Waals surface area contributed by atoms with Crippen molar-refractivity contribution in [2.75, 3.05) is 60.6 Å². The van der Waals surface area contributed by atoms with Gasteiger partial charge in [0.1, 0.15) is 12.1 Å². The van der Waals surface area contributed by atoms with Gasteiger partial charge in [0, 0.05) is 39.3 Å². The number of aromatic nitrogens is 3. The lowest BCUT2D eigenvalue weighted by atomic mass is 10.1. The molecule has 2 saturated heterocycles. The van der Waals surface area contributed by atoms with E-state index in [2.05, 4.69) is 30.8 Å². The second kappa shape index (κ2) is 9.23. The van der Waals surface area contributed by atoms with Crippen molar-refractivity contribution < 1.29 is 17.7 Å². The molecule has 0 atom stereocenters. The predicted molar refractivity (Wildman–Crippen MR) is 119 cm³/mol. The summed E-state index contributed by atoms with van der Waals surface area (Å²) in [6, 6.07) is 8.08. The molecule has 0 aliphatic carbocycles. The van der Waals surface area contributed by atoms with Crippen molar-refractivity contribution in [3.8, 4) is 5.75 Å². The fourth-order valence-corrected chi connectivity index (χ4v) is 4.89. The van der Waals surface area contributed by atoms with Gasteiger partial charge in [-0.1, -0.05) is 12.1 Å². The van der Waals surface area contributed by atoms with E-state index < -0.39 is 15.4 Å². The predicted octanol–water partition coefficient (Wildman–Crippen LogP) is 1.45. The third-order valence-corrected chi connectivity index (χ3v) is 7.07. The Balaban J connectivity index is 1.39. The van der Waals surface area contributed by atoms with E-state index in [1.165, 1.54) is 6.33 Å². The number of piperazine rings is 1. The minimum absolute atomic E-state index is 0.359. The number of benzene rings is 1. The maximum Gasteiger partial charge on any atom is 0.267 e. The molecular weight excluding hydrogens is 420 g/mol. The first-order valence-corrected chi connectivity index (χ1v) is 12.1. The smallest absolute Gasteiger partial charge is 0.267 e. The number of para-hydroxylation sites is 2. The molecule has 1 aromatic carbocycles. The molecule has 0 unspecified atom stereocenters. The fraction of sp³-hybridized carbons (Fsp3) is 0.550. The van der Waals surface area contributed by atoms with Gasteiger partial charge in [-0.25, -0.2) is 9.97 Å². The van der Waals surface area contributed by atoms with E-state index in [-0.39, 0.29) is 0 Å². The third-order valence-electron chi connectivity index (χ3n) is 5.76. The molecule has 1 N–H and O–H groups in total. The van der Waals surface area contributed by atoms with E-state index in [0.29, 0.717) is 44.4 Å². The Morgan fingerprint density at radius 3 is 2.16 bits per heavy atom. The summed E-state index contributed by atoms with van der Waals surface area (Å²) >= 11 is 0. The normalized spacial score (nSPS) is 18.3. The molecule has 2 aliphatic heterocycles. The molecule has 0 amide bonds. The molecule has 2 aliphatic rings. The lowest BCUT2D eigenvalue weighted by Gasteiger charge is -2.37. The monoisotopic (exact) mass is 448 g/mol. The molecule has 10 nitrogen and oxygen atoms in total. The average molecular weight is 449 g/mol. The lowest BCUT2D eigenvalue weighted by molar-refractivity contribution is 0.340. The number of nitrogens with zero attached hydrogens (tertiary/aromatic N) is 6. The summed E-state index contributed by atoms with van der Waals surface area (Å²) in [6.07, 6.45) is 2.22. The number of hydrogen-bond donors (Lipinski definition) is 1. The second-order valence-electron chi connectivity index (χ2n) is 7.66. The van der Waals surface area contributed by atoms with Gasteiger partial charge in [0.05, 0.1) is 17.5 Å². The molecule has 0 saturated carbocycles. The van der Waals surface area contributed by atoms with Gasteiger partial charge in [0.15, 0.2) is 0 Å². The van der Waals surface area contributed by atoms with Gasteiger partial charge in [0.2, 0.25) is 11.9 Å². The lowest BCUT2D eigenvalue weighted by Crippen LogP contribution is -2.47. The van der Waals surface area contributed by atoms with Crippen molar-refractivity contribution in [3.05, 3.63) is 30.6 Å². The van der Waals surface area contributed by atoms with E-state index >= 15 is 0 Å². The van der Waals surface area contributed by atoms with Crippen LogP contribution in [0.15, 0.2) is 30.6 Å². The third kappa shape index (κ3) is 4.99. The zero-order valence-corrected chi connectivity index (χ0v) is 18.4. The van der Waals surface area contributed by atoms with Crippen LogP contribution in [0.1, 0.15) is 19.8 Å². The van der Waals surface area contributed by atoms with Gasteiger partial charge in [-0.3, -0.25) is 4.55 Å². The van der Waals surface area contributed by atoms with Crippen LogP contribution in [0.5, 0.6) is 5.75 Å². The molecule has 0 spiro atoms. The number of ether oxygens (including phenoxy) is 1.